The van der Waals surface area contributed by atoms with Crippen LogP contribution in [0.25, 0.3) is 0 Å². The number of carbonyl (C=O) groups excluding carboxylic acids is 1. The number of nitrogens with one attached hydrogen (secondary N) is 2. The van der Waals surface area contributed by atoms with Gasteiger partial charge in [0.25, 0.3) is 5.91 Å². The minimum atomic E-state index is -0.0429. The summed E-state index contributed by atoms with van der Waals surface area (Å²) in [6.07, 6.45) is 10.3. The molecule has 1 saturated carbocycles. The number of anilines is 1. The van der Waals surface area contributed by atoms with Crippen molar-refractivity contribution >= 4 is 11.6 Å². The molecular weight excluding hydrogens is 250 g/mol. The Bertz CT molecular complexity index is 408. The van der Waals surface area contributed by atoms with Gasteiger partial charge >= 0.3 is 0 Å². The van der Waals surface area contributed by atoms with Crippen LogP contribution in [0.3, 0.4) is 0 Å². The molecule has 2 N–H and O–H groups in total. The molecule has 0 aliphatic heterocycles. The molecule has 0 bridgehead atoms. The van der Waals surface area contributed by atoms with E-state index in [4.69, 9.17) is 0 Å². The molecule has 0 spiro atoms. The standard InChI is InChI=1S/C16H25N3O/c1-2-17-14-10-11-15(18-12-14)16(20)19-13-8-6-4-3-5-7-9-13/h10-13,17H,2-9H2,1H3,(H,19,20). The Morgan fingerprint density at radius 1 is 1.20 bits per heavy atom. The fourth-order valence-electron chi connectivity index (χ4n) is 2.70. The van der Waals surface area contributed by atoms with E-state index in [0.29, 0.717) is 11.7 Å². The number of amides is 1. The van der Waals surface area contributed by atoms with Gasteiger partial charge in [0.05, 0.1) is 11.9 Å². The SMILES string of the molecule is CCNc1ccc(C(=O)NC2CCCCCCC2)nc1. The lowest BCUT2D eigenvalue weighted by Crippen LogP contribution is -2.35. The lowest BCUT2D eigenvalue weighted by molar-refractivity contribution is 0.0925. The first-order chi connectivity index (χ1) is 9.79. The molecule has 1 heterocycles. The first-order valence-corrected chi connectivity index (χ1v) is 7.80. The normalized spacial score (nSPS) is 17.1. The molecule has 20 heavy (non-hydrogen) atoms. The van der Waals surface area contributed by atoms with E-state index < -0.39 is 0 Å². The molecule has 0 unspecified atom stereocenters. The van der Waals surface area contributed by atoms with E-state index in [2.05, 4.69) is 15.6 Å². The molecule has 2 rings (SSSR count). The molecule has 1 aliphatic carbocycles. The Morgan fingerprint density at radius 3 is 2.50 bits per heavy atom. The van der Waals surface area contributed by atoms with E-state index in [1.165, 1.54) is 32.1 Å². The number of nitrogens with zero attached hydrogens (tertiary/aromatic N) is 1. The zero-order valence-electron chi connectivity index (χ0n) is 12.3. The third-order valence-electron chi connectivity index (χ3n) is 3.82. The van der Waals surface area contributed by atoms with Gasteiger partial charge in [-0.2, -0.15) is 0 Å². The molecule has 0 radical (unpaired) electrons. The average molecular weight is 275 g/mol. The van der Waals surface area contributed by atoms with Crippen LogP contribution >= 0.6 is 0 Å². The maximum Gasteiger partial charge on any atom is 0.270 e. The highest BCUT2D eigenvalue weighted by Crippen LogP contribution is 2.17. The molecular formula is C16H25N3O. The minimum Gasteiger partial charge on any atom is -0.384 e. The van der Waals surface area contributed by atoms with Crippen molar-refractivity contribution in [1.82, 2.24) is 10.3 Å². The lowest BCUT2D eigenvalue weighted by Gasteiger charge is -2.20. The molecule has 1 amide bonds. The summed E-state index contributed by atoms with van der Waals surface area (Å²) in [4.78, 5) is 16.4. The first kappa shape index (κ1) is 14.8. The van der Waals surface area contributed by atoms with Crippen LogP contribution in [0.1, 0.15) is 62.4 Å². The van der Waals surface area contributed by atoms with Crippen LogP contribution in [0.5, 0.6) is 0 Å². The summed E-state index contributed by atoms with van der Waals surface area (Å²) in [7, 11) is 0. The second-order valence-electron chi connectivity index (χ2n) is 5.48. The largest absolute Gasteiger partial charge is 0.384 e. The highest BCUT2D eigenvalue weighted by Gasteiger charge is 2.15. The van der Waals surface area contributed by atoms with Crippen molar-refractivity contribution in [3.63, 3.8) is 0 Å². The summed E-state index contributed by atoms with van der Waals surface area (Å²) in [6.45, 7) is 2.89. The minimum absolute atomic E-state index is 0.0429. The number of rotatable bonds is 4. The Labute approximate surface area is 121 Å². The van der Waals surface area contributed by atoms with Crippen molar-refractivity contribution in [3.05, 3.63) is 24.0 Å². The Kier molecular flexibility index (Phi) is 5.84. The predicted octanol–water partition coefficient (Wildman–Crippen LogP) is 3.36. The molecule has 1 aromatic heterocycles. The third-order valence-corrected chi connectivity index (χ3v) is 3.82. The van der Waals surface area contributed by atoms with Gasteiger partial charge in [-0.15, -0.1) is 0 Å². The third kappa shape index (κ3) is 4.51. The second kappa shape index (κ2) is 7.88. The fraction of sp³-hybridized carbons (Fsp3) is 0.625. The van der Waals surface area contributed by atoms with Gasteiger partial charge < -0.3 is 10.6 Å². The maximum atomic E-state index is 12.2. The lowest BCUT2D eigenvalue weighted by atomic mass is 9.96. The van der Waals surface area contributed by atoms with Crippen LogP contribution < -0.4 is 10.6 Å². The summed E-state index contributed by atoms with van der Waals surface area (Å²) < 4.78 is 0. The molecule has 1 aliphatic rings. The molecule has 0 atom stereocenters. The van der Waals surface area contributed by atoms with Crippen LogP contribution in [0.2, 0.25) is 0 Å². The Hall–Kier alpha value is -1.58. The fourth-order valence-corrected chi connectivity index (χ4v) is 2.70. The number of carbonyl (C=O) groups is 1. The van der Waals surface area contributed by atoms with E-state index in [0.717, 1.165) is 25.1 Å². The van der Waals surface area contributed by atoms with Gasteiger partial charge in [-0.3, -0.25) is 4.79 Å². The van der Waals surface area contributed by atoms with Crippen molar-refractivity contribution < 1.29 is 4.79 Å². The van der Waals surface area contributed by atoms with Gasteiger partial charge in [-0.1, -0.05) is 32.1 Å². The molecule has 1 aromatic rings. The zero-order valence-corrected chi connectivity index (χ0v) is 12.3. The van der Waals surface area contributed by atoms with Gasteiger partial charge in [0.2, 0.25) is 0 Å². The summed E-state index contributed by atoms with van der Waals surface area (Å²) in [5.41, 5.74) is 1.46. The summed E-state index contributed by atoms with van der Waals surface area (Å²) in [6, 6.07) is 4.01. The zero-order chi connectivity index (χ0) is 14.2. The first-order valence-electron chi connectivity index (χ1n) is 7.80. The number of aromatic nitrogens is 1. The van der Waals surface area contributed by atoms with Crippen molar-refractivity contribution in [1.29, 1.82) is 0 Å². The monoisotopic (exact) mass is 275 g/mol. The maximum absolute atomic E-state index is 12.2. The molecule has 110 valence electrons. The average Bonchev–Trinajstić information content (AvgIpc) is 2.43. The van der Waals surface area contributed by atoms with E-state index >= 15 is 0 Å². The van der Waals surface area contributed by atoms with E-state index in [-0.39, 0.29) is 5.91 Å². The van der Waals surface area contributed by atoms with Crippen LogP contribution in [0.15, 0.2) is 18.3 Å². The highest BCUT2D eigenvalue weighted by molar-refractivity contribution is 5.92. The van der Waals surface area contributed by atoms with Crippen molar-refractivity contribution in [2.75, 3.05) is 11.9 Å². The molecule has 1 fully saturated rings. The van der Waals surface area contributed by atoms with Crippen LogP contribution in [-0.2, 0) is 0 Å². The van der Waals surface area contributed by atoms with E-state index in [9.17, 15) is 4.79 Å². The molecule has 0 saturated heterocycles. The smallest absolute Gasteiger partial charge is 0.270 e. The summed E-state index contributed by atoms with van der Waals surface area (Å²) in [5.74, 6) is -0.0429. The Morgan fingerprint density at radius 2 is 1.90 bits per heavy atom. The van der Waals surface area contributed by atoms with Gasteiger partial charge in [0.15, 0.2) is 0 Å². The molecule has 4 heteroatoms. The van der Waals surface area contributed by atoms with Gasteiger partial charge in [0, 0.05) is 12.6 Å². The molecule has 4 nitrogen and oxygen atoms in total. The number of pyridine rings is 1. The number of hydrogen-bond donors (Lipinski definition) is 2. The number of hydrogen-bond acceptors (Lipinski definition) is 3. The highest BCUT2D eigenvalue weighted by atomic mass is 16.1. The summed E-state index contributed by atoms with van der Waals surface area (Å²) in [5, 5.41) is 6.31. The van der Waals surface area contributed by atoms with E-state index in [1.54, 1.807) is 12.3 Å². The van der Waals surface area contributed by atoms with Gasteiger partial charge in [-0.25, -0.2) is 4.98 Å². The van der Waals surface area contributed by atoms with Gasteiger partial charge in [-0.05, 0) is 31.9 Å². The quantitative estimate of drug-likeness (QED) is 0.886. The van der Waals surface area contributed by atoms with Crippen molar-refractivity contribution in [2.45, 2.75) is 57.9 Å². The van der Waals surface area contributed by atoms with Crippen molar-refractivity contribution in [2.24, 2.45) is 0 Å². The van der Waals surface area contributed by atoms with Crippen LogP contribution in [0.4, 0.5) is 5.69 Å². The summed E-state index contributed by atoms with van der Waals surface area (Å²) >= 11 is 0. The predicted molar refractivity (Wildman–Crippen MR) is 82.0 cm³/mol. The molecule has 0 aromatic carbocycles. The second-order valence-corrected chi connectivity index (χ2v) is 5.48. The topological polar surface area (TPSA) is 54.0 Å². The van der Waals surface area contributed by atoms with Crippen molar-refractivity contribution in [3.8, 4) is 0 Å². The van der Waals surface area contributed by atoms with E-state index in [1.807, 2.05) is 13.0 Å². The Balaban J connectivity index is 1.89. The van der Waals surface area contributed by atoms with Crippen LogP contribution in [0, 0.1) is 0 Å². The van der Waals surface area contributed by atoms with Gasteiger partial charge in [0.1, 0.15) is 5.69 Å². The van der Waals surface area contributed by atoms with Crippen LogP contribution in [-0.4, -0.2) is 23.5 Å².